The average Bonchev–Trinajstić information content (AvgIpc) is 3.18. The summed E-state index contributed by atoms with van der Waals surface area (Å²) in [4.78, 5) is 29.8. The van der Waals surface area contributed by atoms with Gasteiger partial charge in [-0.15, -0.1) is 0 Å². The third kappa shape index (κ3) is 3.16. The molecule has 1 fully saturated rings. The number of aldehydes is 1. The van der Waals surface area contributed by atoms with E-state index in [-0.39, 0.29) is 22.5 Å². The number of nitrogens with zero attached hydrogens (tertiary/aromatic N) is 2. The summed E-state index contributed by atoms with van der Waals surface area (Å²) in [5, 5.41) is 5.85. The molecule has 6 nitrogen and oxygen atoms in total. The van der Waals surface area contributed by atoms with E-state index in [4.69, 9.17) is 11.6 Å². The highest BCUT2D eigenvalue weighted by molar-refractivity contribution is 6.32. The van der Waals surface area contributed by atoms with Crippen LogP contribution >= 0.6 is 11.6 Å². The van der Waals surface area contributed by atoms with E-state index in [9.17, 15) is 9.59 Å². The molecule has 0 aliphatic heterocycles. The Morgan fingerprint density at radius 2 is 2.22 bits per heavy atom. The molecule has 0 unspecified atom stereocenters. The Balaban J connectivity index is 1.80. The lowest BCUT2D eigenvalue weighted by Gasteiger charge is -2.08. The molecular formula is C11H13ClN4O2. The molecule has 1 aromatic heterocycles. The Kier molecular flexibility index (Phi) is 4.09. The van der Waals surface area contributed by atoms with Gasteiger partial charge in [0.1, 0.15) is 17.3 Å². The minimum absolute atomic E-state index is 0.0909. The largest absolute Gasteiger partial charge is 0.368 e. The zero-order valence-corrected chi connectivity index (χ0v) is 10.4. The summed E-state index contributed by atoms with van der Waals surface area (Å²) in [6.45, 7) is 0.960. The van der Waals surface area contributed by atoms with Crippen LogP contribution in [0.1, 0.15) is 23.2 Å². The average molecular weight is 269 g/mol. The maximum atomic E-state index is 11.4. The predicted octanol–water partition coefficient (Wildman–Crippen LogP) is 0.881. The van der Waals surface area contributed by atoms with Crippen LogP contribution in [0, 0.1) is 5.92 Å². The number of halogens is 1. The summed E-state index contributed by atoms with van der Waals surface area (Å²) in [6, 6.07) is 0. The number of hydrogen-bond acceptors (Lipinski definition) is 5. The standard InChI is InChI=1S/C11H13ClN4O2/c12-9-8(5-17)10(16-6-15-9)13-3-4-14-11(18)7-1-2-7/h5-7H,1-4H2,(H,14,18)(H,13,15,16). The summed E-state index contributed by atoms with van der Waals surface area (Å²) in [6.07, 6.45) is 3.85. The number of amides is 1. The molecule has 1 heterocycles. The van der Waals surface area contributed by atoms with Gasteiger partial charge in [0.05, 0.1) is 5.56 Å². The molecular weight excluding hydrogens is 256 g/mol. The van der Waals surface area contributed by atoms with Crippen LogP contribution < -0.4 is 10.6 Å². The maximum Gasteiger partial charge on any atom is 0.223 e. The molecule has 0 bridgehead atoms. The van der Waals surface area contributed by atoms with Gasteiger partial charge in [0.2, 0.25) is 5.91 Å². The van der Waals surface area contributed by atoms with Gasteiger partial charge in [-0.1, -0.05) is 11.6 Å². The summed E-state index contributed by atoms with van der Waals surface area (Å²) >= 11 is 5.75. The molecule has 1 saturated carbocycles. The van der Waals surface area contributed by atoms with Crippen molar-refractivity contribution in [3.63, 3.8) is 0 Å². The Morgan fingerprint density at radius 3 is 2.89 bits per heavy atom. The van der Waals surface area contributed by atoms with Gasteiger partial charge in [0, 0.05) is 19.0 Å². The lowest BCUT2D eigenvalue weighted by Crippen LogP contribution is -2.30. The van der Waals surface area contributed by atoms with Crippen molar-refractivity contribution in [1.29, 1.82) is 0 Å². The maximum absolute atomic E-state index is 11.4. The van der Waals surface area contributed by atoms with Gasteiger partial charge in [-0.05, 0) is 12.8 Å². The van der Waals surface area contributed by atoms with Crippen LogP contribution in [0.5, 0.6) is 0 Å². The Morgan fingerprint density at radius 1 is 1.44 bits per heavy atom. The van der Waals surface area contributed by atoms with Crippen LogP contribution in [0.3, 0.4) is 0 Å². The number of hydrogen-bond donors (Lipinski definition) is 2. The quantitative estimate of drug-likeness (QED) is 0.455. The second kappa shape index (κ2) is 5.77. The number of nitrogens with one attached hydrogen (secondary N) is 2. The third-order valence-electron chi connectivity index (χ3n) is 2.62. The van der Waals surface area contributed by atoms with Crippen LogP contribution in [0.4, 0.5) is 5.82 Å². The molecule has 0 saturated heterocycles. The van der Waals surface area contributed by atoms with Gasteiger partial charge in [-0.3, -0.25) is 9.59 Å². The summed E-state index contributed by atoms with van der Waals surface area (Å²) in [5.41, 5.74) is 0.229. The smallest absolute Gasteiger partial charge is 0.223 e. The van der Waals surface area contributed by atoms with Crippen molar-refractivity contribution in [3.05, 3.63) is 17.0 Å². The second-order valence-corrected chi connectivity index (χ2v) is 4.39. The van der Waals surface area contributed by atoms with Crippen LogP contribution in [0.25, 0.3) is 0 Å². The summed E-state index contributed by atoms with van der Waals surface area (Å²) in [7, 11) is 0. The van der Waals surface area contributed by atoms with Crippen molar-refractivity contribution < 1.29 is 9.59 Å². The van der Waals surface area contributed by atoms with Crippen LogP contribution in [-0.2, 0) is 4.79 Å². The first-order valence-electron chi connectivity index (χ1n) is 5.69. The SMILES string of the molecule is O=Cc1c(Cl)ncnc1NCCNC(=O)C1CC1. The third-order valence-corrected chi connectivity index (χ3v) is 2.92. The Hall–Kier alpha value is -1.69. The number of rotatable bonds is 6. The minimum Gasteiger partial charge on any atom is -0.368 e. The van der Waals surface area contributed by atoms with Crippen molar-refractivity contribution in [2.45, 2.75) is 12.8 Å². The minimum atomic E-state index is 0.0909. The van der Waals surface area contributed by atoms with E-state index in [1.807, 2.05) is 0 Å². The summed E-state index contributed by atoms with van der Waals surface area (Å²) in [5.74, 6) is 0.669. The van der Waals surface area contributed by atoms with Crippen molar-refractivity contribution in [1.82, 2.24) is 15.3 Å². The molecule has 2 rings (SSSR count). The molecule has 0 aromatic carbocycles. The highest BCUT2D eigenvalue weighted by Crippen LogP contribution is 2.28. The first-order valence-corrected chi connectivity index (χ1v) is 6.07. The van der Waals surface area contributed by atoms with E-state index in [1.165, 1.54) is 6.33 Å². The number of anilines is 1. The first kappa shape index (κ1) is 12.8. The van der Waals surface area contributed by atoms with Crippen LogP contribution in [0.2, 0.25) is 5.15 Å². The van der Waals surface area contributed by atoms with Gasteiger partial charge < -0.3 is 10.6 Å². The molecule has 2 N–H and O–H groups in total. The number of aromatic nitrogens is 2. The fourth-order valence-electron chi connectivity index (χ4n) is 1.48. The highest BCUT2D eigenvalue weighted by atomic mass is 35.5. The fraction of sp³-hybridized carbons (Fsp3) is 0.455. The lowest BCUT2D eigenvalue weighted by molar-refractivity contribution is -0.122. The van der Waals surface area contributed by atoms with E-state index >= 15 is 0 Å². The zero-order valence-electron chi connectivity index (χ0n) is 9.65. The second-order valence-electron chi connectivity index (χ2n) is 4.04. The van der Waals surface area contributed by atoms with Gasteiger partial charge >= 0.3 is 0 Å². The molecule has 7 heteroatoms. The molecule has 18 heavy (non-hydrogen) atoms. The van der Waals surface area contributed by atoms with E-state index in [1.54, 1.807) is 0 Å². The van der Waals surface area contributed by atoms with Crippen LogP contribution in [0.15, 0.2) is 6.33 Å². The zero-order chi connectivity index (χ0) is 13.0. The van der Waals surface area contributed by atoms with Crippen molar-refractivity contribution in [3.8, 4) is 0 Å². The topological polar surface area (TPSA) is 84.0 Å². The number of carbonyl (C=O) groups excluding carboxylic acids is 2. The van der Waals surface area contributed by atoms with Gasteiger partial charge in [0.25, 0.3) is 0 Å². The molecule has 0 radical (unpaired) electrons. The van der Waals surface area contributed by atoms with Crippen molar-refractivity contribution in [2.75, 3.05) is 18.4 Å². The van der Waals surface area contributed by atoms with Gasteiger partial charge in [-0.2, -0.15) is 0 Å². The van der Waals surface area contributed by atoms with E-state index in [0.29, 0.717) is 25.2 Å². The van der Waals surface area contributed by atoms with Crippen LogP contribution in [-0.4, -0.2) is 35.3 Å². The molecule has 1 aliphatic carbocycles. The lowest BCUT2D eigenvalue weighted by atomic mass is 10.3. The Labute approximate surface area is 109 Å². The highest BCUT2D eigenvalue weighted by Gasteiger charge is 2.28. The molecule has 1 aliphatic rings. The fourth-order valence-corrected chi connectivity index (χ4v) is 1.65. The predicted molar refractivity (Wildman–Crippen MR) is 66.7 cm³/mol. The molecule has 96 valence electrons. The van der Waals surface area contributed by atoms with E-state index in [0.717, 1.165) is 12.8 Å². The monoisotopic (exact) mass is 268 g/mol. The van der Waals surface area contributed by atoms with Gasteiger partial charge in [0.15, 0.2) is 6.29 Å². The van der Waals surface area contributed by atoms with Crippen molar-refractivity contribution in [2.24, 2.45) is 5.92 Å². The van der Waals surface area contributed by atoms with Gasteiger partial charge in [-0.25, -0.2) is 9.97 Å². The number of carbonyl (C=O) groups is 2. The molecule has 1 aromatic rings. The van der Waals surface area contributed by atoms with E-state index < -0.39 is 0 Å². The molecule has 0 spiro atoms. The summed E-state index contributed by atoms with van der Waals surface area (Å²) < 4.78 is 0. The molecule has 0 atom stereocenters. The normalized spacial score (nSPS) is 14.1. The first-order chi connectivity index (χ1) is 8.72. The van der Waals surface area contributed by atoms with Crippen molar-refractivity contribution >= 4 is 29.6 Å². The molecule has 1 amide bonds. The Bertz CT molecular complexity index is 462. The van der Waals surface area contributed by atoms with E-state index in [2.05, 4.69) is 20.6 Å².